The lowest BCUT2D eigenvalue weighted by Gasteiger charge is -2.43. The van der Waals surface area contributed by atoms with Crippen LogP contribution < -0.4 is 5.32 Å². The normalized spacial score (nSPS) is 16.7. The number of hydrogen-bond donors (Lipinski definition) is 1. The molecule has 1 aromatic rings. The Morgan fingerprint density at radius 2 is 2.00 bits per heavy atom. The highest BCUT2D eigenvalue weighted by molar-refractivity contribution is 5.32. The van der Waals surface area contributed by atoms with Crippen molar-refractivity contribution in [2.45, 2.75) is 38.8 Å². The molecule has 0 saturated carbocycles. The van der Waals surface area contributed by atoms with Crippen molar-refractivity contribution in [1.82, 2.24) is 10.2 Å². The summed E-state index contributed by atoms with van der Waals surface area (Å²) in [6.45, 7) is 6.41. The summed E-state index contributed by atoms with van der Waals surface area (Å²) >= 11 is 0. The lowest BCUT2D eigenvalue weighted by atomic mass is 9.82. The number of halogens is 1. The summed E-state index contributed by atoms with van der Waals surface area (Å²) in [4.78, 5) is 2.21. The van der Waals surface area contributed by atoms with Crippen molar-refractivity contribution in [3.8, 4) is 0 Å². The molecule has 2 nitrogen and oxygen atoms in total. The van der Waals surface area contributed by atoms with Crippen molar-refractivity contribution in [3.05, 3.63) is 35.1 Å². The quantitative estimate of drug-likeness (QED) is 0.866. The van der Waals surface area contributed by atoms with Gasteiger partial charge in [-0.05, 0) is 64.7 Å². The summed E-state index contributed by atoms with van der Waals surface area (Å²) in [5.74, 6) is -0.173. The lowest BCUT2D eigenvalue weighted by molar-refractivity contribution is 0.116. The van der Waals surface area contributed by atoms with Gasteiger partial charge in [0.25, 0.3) is 0 Å². The third-order valence-corrected chi connectivity index (χ3v) is 4.20. The second kappa shape index (κ2) is 5.81. The lowest BCUT2D eigenvalue weighted by Crippen LogP contribution is -2.50. The van der Waals surface area contributed by atoms with Crippen molar-refractivity contribution in [2.24, 2.45) is 0 Å². The standard InChI is InChI=1S/C15H25FN2/c1-7-15(3,18(5)6)14(17-4)13-10-12(16)9-8-11(13)2/h8-10,14,17H,7H2,1-6H3. The van der Waals surface area contributed by atoms with Gasteiger partial charge in [-0.2, -0.15) is 0 Å². The summed E-state index contributed by atoms with van der Waals surface area (Å²) in [6.07, 6.45) is 0.988. The van der Waals surface area contributed by atoms with Gasteiger partial charge in [0.05, 0.1) is 6.04 Å². The third kappa shape index (κ3) is 2.73. The Hall–Kier alpha value is -0.930. The number of benzene rings is 1. The Kier molecular flexibility index (Phi) is 4.88. The summed E-state index contributed by atoms with van der Waals surface area (Å²) in [7, 11) is 6.08. The topological polar surface area (TPSA) is 15.3 Å². The van der Waals surface area contributed by atoms with Crippen LogP contribution in [-0.2, 0) is 0 Å². The molecule has 0 aliphatic rings. The fraction of sp³-hybridized carbons (Fsp3) is 0.600. The minimum atomic E-state index is -0.173. The zero-order valence-electron chi connectivity index (χ0n) is 12.3. The van der Waals surface area contributed by atoms with E-state index in [0.29, 0.717) is 0 Å². The van der Waals surface area contributed by atoms with Crippen LogP contribution in [0.4, 0.5) is 4.39 Å². The van der Waals surface area contributed by atoms with E-state index in [9.17, 15) is 4.39 Å². The van der Waals surface area contributed by atoms with Crippen LogP contribution in [0, 0.1) is 12.7 Å². The van der Waals surface area contributed by atoms with E-state index in [1.807, 2.05) is 20.0 Å². The molecule has 0 bridgehead atoms. The molecule has 0 spiro atoms. The van der Waals surface area contributed by atoms with Crippen molar-refractivity contribution in [1.29, 1.82) is 0 Å². The van der Waals surface area contributed by atoms with E-state index >= 15 is 0 Å². The van der Waals surface area contributed by atoms with Crippen LogP contribution >= 0.6 is 0 Å². The second-order valence-electron chi connectivity index (χ2n) is 5.33. The molecule has 1 aromatic carbocycles. The summed E-state index contributed by atoms with van der Waals surface area (Å²) in [5.41, 5.74) is 2.11. The van der Waals surface area contributed by atoms with Crippen molar-refractivity contribution < 1.29 is 4.39 Å². The molecule has 0 radical (unpaired) electrons. The summed E-state index contributed by atoms with van der Waals surface area (Å²) in [5, 5.41) is 3.35. The molecular formula is C15H25FN2. The zero-order valence-corrected chi connectivity index (χ0v) is 12.3. The van der Waals surface area contributed by atoms with E-state index < -0.39 is 0 Å². The first-order chi connectivity index (χ1) is 8.36. The molecule has 0 heterocycles. The Morgan fingerprint density at radius 1 is 1.39 bits per heavy atom. The Bertz CT molecular complexity index is 403. The van der Waals surface area contributed by atoms with E-state index in [0.717, 1.165) is 17.5 Å². The first-order valence-corrected chi connectivity index (χ1v) is 6.47. The first-order valence-electron chi connectivity index (χ1n) is 6.47. The van der Waals surface area contributed by atoms with E-state index in [2.05, 4.69) is 38.2 Å². The van der Waals surface area contributed by atoms with Crippen LogP contribution in [0.2, 0.25) is 0 Å². The number of likely N-dealkylation sites (N-methyl/N-ethyl adjacent to an activating group) is 2. The van der Waals surface area contributed by atoms with Gasteiger partial charge in [0.2, 0.25) is 0 Å². The third-order valence-electron chi connectivity index (χ3n) is 4.20. The summed E-state index contributed by atoms with van der Waals surface area (Å²) < 4.78 is 13.5. The highest BCUT2D eigenvalue weighted by atomic mass is 19.1. The van der Waals surface area contributed by atoms with E-state index in [4.69, 9.17) is 0 Å². The predicted molar refractivity (Wildman–Crippen MR) is 75.3 cm³/mol. The highest BCUT2D eigenvalue weighted by Gasteiger charge is 2.35. The number of aryl methyl sites for hydroxylation is 1. The van der Waals surface area contributed by atoms with Crippen molar-refractivity contribution in [3.63, 3.8) is 0 Å². The molecule has 18 heavy (non-hydrogen) atoms. The van der Waals surface area contributed by atoms with Crippen LogP contribution in [-0.4, -0.2) is 31.6 Å². The molecule has 0 aliphatic carbocycles. The molecule has 2 unspecified atom stereocenters. The molecule has 3 heteroatoms. The smallest absolute Gasteiger partial charge is 0.123 e. The van der Waals surface area contributed by atoms with Gasteiger partial charge < -0.3 is 10.2 Å². The van der Waals surface area contributed by atoms with Crippen LogP contribution in [0.3, 0.4) is 0 Å². The maximum Gasteiger partial charge on any atom is 0.123 e. The van der Waals surface area contributed by atoms with E-state index in [1.165, 1.54) is 6.07 Å². The SMILES string of the molecule is CCC(C)(C(NC)c1cc(F)ccc1C)N(C)C. The Labute approximate surface area is 110 Å². The van der Waals surface area contributed by atoms with Gasteiger partial charge in [-0.3, -0.25) is 0 Å². The number of rotatable bonds is 5. The molecule has 2 atom stereocenters. The molecule has 1 rings (SSSR count). The average Bonchev–Trinajstić information content (AvgIpc) is 2.33. The molecule has 1 N–H and O–H groups in total. The molecule has 0 saturated heterocycles. The average molecular weight is 252 g/mol. The molecule has 0 fully saturated rings. The fourth-order valence-corrected chi connectivity index (χ4v) is 2.50. The van der Waals surface area contributed by atoms with Crippen LogP contribution in [0.1, 0.15) is 37.4 Å². The van der Waals surface area contributed by atoms with Gasteiger partial charge in [-0.25, -0.2) is 4.39 Å². The molecule has 0 aromatic heterocycles. The van der Waals surface area contributed by atoms with Gasteiger partial charge in [-0.15, -0.1) is 0 Å². The van der Waals surface area contributed by atoms with Crippen molar-refractivity contribution >= 4 is 0 Å². The van der Waals surface area contributed by atoms with Gasteiger partial charge in [0, 0.05) is 5.54 Å². The first kappa shape index (κ1) is 15.1. The fourth-order valence-electron chi connectivity index (χ4n) is 2.50. The second-order valence-corrected chi connectivity index (χ2v) is 5.33. The largest absolute Gasteiger partial charge is 0.311 e. The maximum absolute atomic E-state index is 13.5. The minimum absolute atomic E-state index is 0.0483. The minimum Gasteiger partial charge on any atom is -0.311 e. The van der Waals surface area contributed by atoms with E-state index in [-0.39, 0.29) is 17.4 Å². The maximum atomic E-state index is 13.5. The van der Waals surface area contributed by atoms with Crippen molar-refractivity contribution in [2.75, 3.05) is 21.1 Å². The molecule has 0 aliphatic heterocycles. The van der Waals surface area contributed by atoms with Gasteiger partial charge >= 0.3 is 0 Å². The van der Waals surface area contributed by atoms with Crippen LogP contribution in [0.25, 0.3) is 0 Å². The highest BCUT2D eigenvalue weighted by Crippen LogP contribution is 2.34. The van der Waals surface area contributed by atoms with E-state index in [1.54, 1.807) is 6.07 Å². The monoisotopic (exact) mass is 252 g/mol. The molecule has 102 valence electrons. The summed E-state index contributed by atoms with van der Waals surface area (Å²) in [6, 6.07) is 5.12. The number of hydrogen-bond acceptors (Lipinski definition) is 2. The molecular weight excluding hydrogens is 227 g/mol. The zero-order chi connectivity index (χ0) is 13.9. The predicted octanol–water partition coefficient (Wildman–Crippen LogP) is 3.12. The van der Waals surface area contributed by atoms with Crippen LogP contribution in [0.15, 0.2) is 18.2 Å². The molecule has 0 amide bonds. The Balaban J connectivity index is 3.28. The van der Waals surface area contributed by atoms with Gasteiger partial charge in [-0.1, -0.05) is 13.0 Å². The van der Waals surface area contributed by atoms with Crippen LogP contribution in [0.5, 0.6) is 0 Å². The van der Waals surface area contributed by atoms with Gasteiger partial charge in [0.1, 0.15) is 5.82 Å². The number of nitrogens with zero attached hydrogens (tertiary/aromatic N) is 1. The van der Waals surface area contributed by atoms with Gasteiger partial charge in [0.15, 0.2) is 0 Å². The Morgan fingerprint density at radius 3 is 2.44 bits per heavy atom. The number of nitrogens with one attached hydrogen (secondary N) is 1.